The van der Waals surface area contributed by atoms with Gasteiger partial charge < -0.3 is 15.1 Å². The normalized spacial score (nSPS) is 13.6. The minimum absolute atomic E-state index is 0.0521. The maximum Gasteiger partial charge on any atom is 0.253 e. The molecule has 3 aromatic carbocycles. The molecule has 0 atom stereocenters. The van der Waals surface area contributed by atoms with Gasteiger partial charge in [0.2, 0.25) is 5.91 Å². The van der Waals surface area contributed by atoms with Crippen LogP contribution in [0.1, 0.15) is 10.4 Å². The van der Waals surface area contributed by atoms with E-state index < -0.39 is 0 Å². The molecule has 0 bridgehead atoms. The van der Waals surface area contributed by atoms with Crippen molar-refractivity contribution in [1.82, 2.24) is 9.88 Å². The molecule has 0 unspecified atom stereocenters. The molecular weight excluding hydrogens is 456 g/mol. The number of rotatable bonds is 6. The van der Waals surface area contributed by atoms with Crippen LogP contribution in [0.25, 0.3) is 10.9 Å². The average Bonchev–Trinajstić information content (AvgIpc) is 2.92. The summed E-state index contributed by atoms with van der Waals surface area (Å²) in [7, 11) is 0. The molecular formula is C28H26N4O2S. The fourth-order valence-corrected chi connectivity index (χ4v) is 5.06. The van der Waals surface area contributed by atoms with Crippen LogP contribution in [0.3, 0.4) is 0 Å². The van der Waals surface area contributed by atoms with Crippen LogP contribution >= 0.6 is 11.8 Å². The molecule has 5 rings (SSSR count). The van der Waals surface area contributed by atoms with Crippen molar-refractivity contribution in [2.75, 3.05) is 42.1 Å². The van der Waals surface area contributed by atoms with Gasteiger partial charge in [0.15, 0.2) is 0 Å². The molecule has 0 spiro atoms. The van der Waals surface area contributed by atoms with E-state index in [4.69, 9.17) is 0 Å². The molecule has 2 amide bonds. The van der Waals surface area contributed by atoms with Gasteiger partial charge in [-0.15, -0.1) is 11.8 Å². The third-order valence-corrected chi connectivity index (χ3v) is 7.11. The summed E-state index contributed by atoms with van der Waals surface area (Å²) in [6.45, 7) is 2.93. The van der Waals surface area contributed by atoms with Crippen molar-refractivity contribution < 1.29 is 9.59 Å². The summed E-state index contributed by atoms with van der Waals surface area (Å²) in [6.07, 6.45) is 1.77. The van der Waals surface area contributed by atoms with E-state index in [-0.39, 0.29) is 11.8 Å². The van der Waals surface area contributed by atoms with Crippen molar-refractivity contribution in [2.45, 2.75) is 4.90 Å². The molecule has 0 aliphatic carbocycles. The van der Waals surface area contributed by atoms with E-state index in [0.717, 1.165) is 45.8 Å². The second-order valence-electron chi connectivity index (χ2n) is 8.36. The number of carbonyl (C=O) groups is 2. The highest BCUT2D eigenvalue weighted by Crippen LogP contribution is 2.26. The van der Waals surface area contributed by atoms with Crippen molar-refractivity contribution in [3.05, 3.63) is 96.7 Å². The Kier molecular flexibility index (Phi) is 6.95. The van der Waals surface area contributed by atoms with Gasteiger partial charge in [-0.05, 0) is 48.5 Å². The Morgan fingerprint density at radius 3 is 2.34 bits per heavy atom. The summed E-state index contributed by atoms with van der Waals surface area (Å²) in [4.78, 5) is 34.8. The highest BCUT2D eigenvalue weighted by Gasteiger charge is 2.22. The summed E-state index contributed by atoms with van der Waals surface area (Å²) in [5.74, 6) is 0.346. The van der Waals surface area contributed by atoms with Crippen LogP contribution in [-0.2, 0) is 4.79 Å². The molecule has 1 aliphatic rings. The first-order chi connectivity index (χ1) is 17.2. The molecule has 35 heavy (non-hydrogen) atoms. The van der Waals surface area contributed by atoms with Gasteiger partial charge in [-0.2, -0.15) is 0 Å². The Hall–Kier alpha value is -3.84. The molecule has 1 N–H and O–H groups in total. The largest absolute Gasteiger partial charge is 0.368 e. The number of nitrogens with zero attached hydrogens (tertiary/aromatic N) is 3. The van der Waals surface area contributed by atoms with Gasteiger partial charge in [-0.3, -0.25) is 14.6 Å². The standard InChI is InChI=1S/C28H26N4O2S/c33-26(20-35-25-10-4-8-21-9-5-15-29-27(21)25)30-23-11-13-24(14-12-23)31-16-18-32(19-17-31)28(34)22-6-2-1-3-7-22/h1-15H,16-20H2,(H,30,33). The quantitative estimate of drug-likeness (QED) is 0.395. The second-order valence-corrected chi connectivity index (χ2v) is 9.38. The van der Waals surface area contributed by atoms with Crippen LogP contribution in [0.5, 0.6) is 0 Å². The van der Waals surface area contributed by atoms with Crippen LogP contribution < -0.4 is 10.2 Å². The van der Waals surface area contributed by atoms with E-state index in [1.54, 1.807) is 6.20 Å². The van der Waals surface area contributed by atoms with Crippen LogP contribution in [-0.4, -0.2) is 53.6 Å². The Morgan fingerprint density at radius 1 is 0.829 bits per heavy atom. The molecule has 2 heterocycles. The first kappa shape index (κ1) is 22.9. The lowest BCUT2D eigenvalue weighted by Crippen LogP contribution is -2.48. The number of hydrogen-bond acceptors (Lipinski definition) is 5. The van der Waals surface area contributed by atoms with Gasteiger partial charge in [-0.1, -0.05) is 36.4 Å². The Balaban J connectivity index is 1.12. The molecule has 1 saturated heterocycles. The topological polar surface area (TPSA) is 65.5 Å². The number of aromatic nitrogens is 1. The van der Waals surface area contributed by atoms with Gasteiger partial charge in [0.05, 0.1) is 11.3 Å². The number of thioether (sulfide) groups is 1. The number of anilines is 2. The lowest BCUT2D eigenvalue weighted by atomic mass is 10.1. The summed E-state index contributed by atoms with van der Waals surface area (Å²) >= 11 is 1.49. The second kappa shape index (κ2) is 10.6. The van der Waals surface area contributed by atoms with Crippen LogP contribution in [0.4, 0.5) is 11.4 Å². The number of benzene rings is 3. The average molecular weight is 483 g/mol. The Morgan fingerprint density at radius 2 is 1.57 bits per heavy atom. The maximum absolute atomic E-state index is 12.7. The number of carbonyl (C=O) groups excluding carboxylic acids is 2. The lowest BCUT2D eigenvalue weighted by Gasteiger charge is -2.36. The zero-order valence-corrected chi connectivity index (χ0v) is 20.1. The van der Waals surface area contributed by atoms with E-state index in [1.807, 2.05) is 89.8 Å². The molecule has 4 aromatic rings. The van der Waals surface area contributed by atoms with Crippen molar-refractivity contribution in [3.8, 4) is 0 Å². The molecule has 6 nitrogen and oxygen atoms in total. The van der Waals surface area contributed by atoms with E-state index in [0.29, 0.717) is 18.8 Å². The molecule has 1 fully saturated rings. The smallest absolute Gasteiger partial charge is 0.253 e. The number of piperazine rings is 1. The fourth-order valence-electron chi connectivity index (χ4n) is 4.22. The predicted octanol–water partition coefficient (Wildman–Crippen LogP) is 4.93. The Labute approximate surface area is 209 Å². The summed E-state index contributed by atoms with van der Waals surface area (Å²) in [5.41, 5.74) is 3.51. The van der Waals surface area contributed by atoms with E-state index in [1.165, 1.54) is 11.8 Å². The van der Waals surface area contributed by atoms with E-state index in [9.17, 15) is 9.59 Å². The number of pyridine rings is 1. The van der Waals surface area contributed by atoms with E-state index in [2.05, 4.69) is 15.2 Å². The maximum atomic E-state index is 12.7. The molecule has 1 aromatic heterocycles. The predicted molar refractivity (Wildman–Crippen MR) is 142 cm³/mol. The molecule has 0 radical (unpaired) electrons. The Bertz CT molecular complexity index is 1310. The van der Waals surface area contributed by atoms with Gasteiger partial charge in [0, 0.05) is 59.6 Å². The third-order valence-electron chi connectivity index (χ3n) is 6.06. The third kappa shape index (κ3) is 5.46. The number of amides is 2. The molecule has 7 heteroatoms. The van der Waals surface area contributed by atoms with E-state index >= 15 is 0 Å². The first-order valence-corrected chi connectivity index (χ1v) is 12.6. The fraction of sp³-hybridized carbons (Fsp3) is 0.179. The van der Waals surface area contributed by atoms with Crippen molar-refractivity contribution in [2.24, 2.45) is 0 Å². The minimum Gasteiger partial charge on any atom is -0.368 e. The first-order valence-electron chi connectivity index (χ1n) is 11.6. The lowest BCUT2D eigenvalue weighted by molar-refractivity contribution is -0.113. The van der Waals surface area contributed by atoms with Gasteiger partial charge >= 0.3 is 0 Å². The van der Waals surface area contributed by atoms with Gasteiger partial charge in [0.1, 0.15) is 0 Å². The van der Waals surface area contributed by atoms with Crippen molar-refractivity contribution >= 4 is 45.9 Å². The zero-order valence-electron chi connectivity index (χ0n) is 19.3. The molecule has 1 aliphatic heterocycles. The SMILES string of the molecule is O=C(CSc1cccc2cccnc12)Nc1ccc(N2CCN(C(=O)c3ccccc3)CC2)cc1. The van der Waals surface area contributed by atoms with Crippen molar-refractivity contribution in [1.29, 1.82) is 0 Å². The number of para-hydroxylation sites is 1. The number of fused-ring (bicyclic) bond motifs is 1. The summed E-state index contributed by atoms with van der Waals surface area (Å²) in [6, 6.07) is 27.3. The molecule has 176 valence electrons. The van der Waals surface area contributed by atoms with Gasteiger partial charge in [0.25, 0.3) is 5.91 Å². The number of nitrogens with one attached hydrogen (secondary N) is 1. The monoisotopic (exact) mass is 482 g/mol. The minimum atomic E-state index is -0.0521. The number of hydrogen-bond donors (Lipinski definition) is 1. The molecule has 0 saturated carbocycles. The zero-order chi connectivity index (χ0) is 24.0. The van der Waals surface area contributed by atoms with Crippen LogP contribution in [0.2, 0.25) is 0 Å². The van der Waals surface area contributed by atoms with Crippen molar-refractivity contribution in [3.63, 3.8) is 0 Å². The highest BCUT2D eigenvalue weighted by molar-refractivity contribution is 8.00. The van der Waals surface area contributed by atoms with Gasteiger partial charge in [-0.25, -0.2) is 0 Å². The highest BCUT2D eigenvalue weighted by atomic mass is 32.2. The van der Waals surface area contributed by atoms with Crippen LogP contribution in [0, 0.1) is 0 Å². The van der Waals surface area contributed by atoms with Crippen LogP contribution in [0.15, 0.2) is 96.0 Å². The summed E-state index contributed by atoms with van der Waals surface area (Å²) in [5, 5.41) is 4.05. The summed E-state index contributed by atoms with van der Waals surface area (Å²) < 4.78 is 0.